The predicted molar refractivity (Wildman–Crippen MR) is 267 cm³/mol. The van der Waals surface area contributed by atoms with Gasteiger partial charge in [0.2, 0.25) is 0 Å². The second-order valence-corrected chi connectivity index (χ2v) is 19.0. The minimum Gasteiger partial charge on any atom is -0.310 e. The molecular formula is C59H36N2S2. The van der Waals surface area contributed by atoms with E-state index in [0.717, 1.165) is 22.7 Å². The Hall–Kier alpha value is -7.37. The van der Waals surface area contributed by atoms with Gasteiger partial charge in [0.25, 0.3) is 0 Å². The van der Waals surface area contributed by atoms with E-state index in [-0.39, 0.29) is 0 Å². The van der Waals surface area contributed by atoms with E-state index in [0.29, 0.717) is 0 Å². The molecule has 14 rings (SSSR count). The zero-order chi connectivity index (χ0) is 41.2. The van der Waals surface area contributed by atoms with Gasteiger partial charge in [0.05, 0.1) is 16.4 Å². The van der Waals surface area contributed by atoms with E-state index in [1.807, 2.05) is 23.1 Å². The van der Waals surface area contributed by atoms with Gasteiger partial charge in [0.15, 0.2) is 0 Å². The van der Waals surface area contributed by atoms with Crippen molar-refractivity contribution in [1.29, 1.82) is 0 Å². The molecule has 0 amide bonds. The van der Waals surface area contributed by atoms with E-state index in [2.05, 4.69) is 228 Å². The Morgan fingerprint density at radius 3 is 1.90 bits per heavy atom. The summed E-state index contributed by atoms with van der Waals surface area (Å²) in [7, 11) is 0. The van der Waals surface area contributed by atoms with E-state index in [9.17, 15) is 0 Å². The number of anilines is 3. The minimum absolute atomic E-state index is 0.552. The summed E-state index contributed by atoms with van der Waals surface area (Å²) in [5.74, 6) is 0. The van der Waals surface area contributed by atoms with Crippen molar-refractivity contribution in [2.75, 3.05) is 4.90 Å². The largest absolute Gasteiger partial charge is 0.310 e. The van der Waals surface area contributed by atoms with Gasteiger partial charge in [-0.25, -0.2) is 0 Å². The summed E-state index contributed by atoms with van der Waals surface area (Å²) in [6, 6.07) is 81.8. The van der Waals surface area contributed by atoms with Gasteiger partial charge in [-0.2, -0.15) is 0 Å². The predicted octanol–water partition coefficient (Wildman–Crippen LogP) is 16.6. The van der Waals surface area contributed by atoms with E-state index in [1.54, 1.807) is 0 Å². The normalized spacial score (nSPS) is 15.0. The Balaban J connectivity index is 1.07. The molecule has 0 bridgehead atoms. The third-order valence-electron chi connectivity index (χ3n) is 13.6. The van der Waals surface area contributed by atoms with Crippen LogP contribution in [0.1, 0.15) is 22.3 Å². The van der Waals surface area contributed by atoms with Crippen LogP contribution in [-0.2, 0) is 5.41 Å². The Morgan fingerprint density at radius 1 is 0.381 bits per heavy atom. The summed E-state index contributed by atoms with van der Waals surface area (Å²) in [5.41, 5.74) is 14.3. The maximum atomic E-state index is 2.52. The van der Waals surface area contributed by atoms with Gasteiger partial charge in [-0.05, 0) is 129 Å². The standard InChI is InChI=1S/C59H36N2S2/c1-2-16-38(17-3-1)61-52-25-9-5-19-43(52)46-34-39(28-31-53(46)61)60(40-29-32-55-47(35-40)44-20-6-10-26-54(44)62-55)41-30-33-57-51(36-41)59(49-23-8-11-27-56(49)63-57)48-22-7-4-18-42(48)45-21-12-14-37-15-13-24-50(59)58(37)45/h1-36H. The molecule has 0 saturated heterocycles. The van der Waals surface area contributed by atoms with Crippen molar-refractivity contribution in [3.63, 3.8) is 0 Å². The molecule has 2 aromatic heterocycles. The van der Waals surface area contributed by atoms with E-state index in [4.69, 9.17) is 0 Å². The monoisotopic (exact) mass is 836 g/mol. The molecule has 0 saturated carbocycles. The van der Waals surface area contributed by atoms with Crippen LogP contribution in [0.2, 0.25) is 0 Å². The SMILES string of the molecule is c1ccc(-n2c3ccccc3c3cc(N(c4ccc5c(c4)C4(c6ccccc6S5)c5ccccc5-c5cccc6cccc4c56)c4ccc5sc6ccccc6c5c4)ccc32)cc1. The van der Waals surface area contributed by atoms with Gasteiger partial charge in [-0.1, -0.05) is 145 Å². The Morgan fingerprint density at radius 2 is 1.00 bits per heavy atom. The quantitative estimate of drug-likeness (QED) is 0.174. The zero-order valence-electron chi connectivity index (χ0n) is 34.0. The van der Waals surface area contributed by atoms with Crippen LogP contribution in [0.15, 0.2) is 228 Å². The Labute approximate surface area is 372 Å². The number of hydrogen-bond acceptors (Lipinski definition) is 3. The number of nitrogens with zero attached hydrogens (tertiary/aromatic N) is 2. The molecule has 0 radical (unpaired) electrons. The molecular weight excluding hydrogens is 801 g/mol. The first-order chi connectivity index (χ1) is 31.2. The molecule has 4 heteroatoms. The highest BCUT2D eigenvalue weighted by Crippen LogP contribution is 2.62. The molecule has 12 aromatic rings. The highest BCUT2D eigenvalue weighted by Gasteiger charge is 2.48. The van der Waals surface area contributed by atoms with Gasteiger partial charge in [-0.3, -0.25) is 0 Å². The van der Waals surface area contributed by atoms with Crippen LogP contribution in [0.25, 0.3) is 69.6 Å². The van der Waals surface area contributed by atoms with Crippen LogP contribution in [0.3, 0.4) is 0 Å². The van der Waals surface area contributed by atoms with Crippen molar-refractivity contribution in [3.05, 3.63) is 241 Å². The highest BCUT2D eigenvalue weighted by atomic mass is 32.2. The number of rotatable bonds is 4. The number of fused-ring (bicyclic) bond motifs is 14. The molecule has 1 atom stereocenters. The molecule has 3 heterocycles. The lowest BCUT2D eigenvalue weighted by atomic mass is 9.59. The lowest BCUT2D eigenvalue weighted by Gasteiger charge is -2.46. The lowest BCUT2D eigenvalue weighted by molar-refractivity contribution is 0.707. The molecule has 2 aliphatic rings. The first-order valence-electron chi connectivity index (χ1n) is 21.6. The average Bonchev–Trinajstić information content (AvgIpc) is 3.88. The zero-order valence-corrected chi connectivity index (χ0v) is 35.6. The fourth-order valence-corrected chi connectivity index (χ4v) is 13.3. The number of benzene rings is 10. The maximum Gasteiger partial charge on any atom is 0.0736 e. The first-order valence-corrected chi connectivity index (χ1v) is 23.2. The molecule has 1 unspecified atom stereocenters. The van der Waals surface area contributed by atoms with Crippen molar-refractivity contribution in [1.82, 2.24) is 4.57 Å². The first kappa shape index (κ1) is 35.2. The van der Waals surface area contributed by atoms with Crippen LogP contribution in [0, 0.1) is 0 Å². The van der Waals surface area contributed by atoms with Gasteiger partial charge >= 0.3 is 0 Å². The number of thiophene rings is 1. The minimum atomic E-state index is -0.552. The molecule has 0 N–H and O–H groups in total. The number of hydrogen-bond donors (Lipinski definition) is 0. The molecule has 63 heavy (non-hydrogen) atoms. The van der Waals surface area contributed by atoms with Crippen molar-refractivity contribution < 1.29 is 0 Å². The molecule has 1 aliphatic heterocycles. The number of para-hydroxylation sites is 2. The Kier molecular flexibility index (Phi) is 7.45. The van der Waals surface area contributed by atoms with Crippen LogP contribution in [0.5, 0.6) is 0 Å². The molecule has 10 aromatic carbocycles. The third kappa shape index (κ3) is 4.91. The lowest BCUT2D eigenvalue weighted by Crippen LogP contribution is -2.36. The summed E-state index contributed by atoms with van der Waals surface area (Å²) < 4.78 is 5.01. The van der Waals surface area contributed by atoms with E-state index < -0.39 is 5.41 Å². The van der Waals surface area contributed by atoms with Gasteiger partial charge < -0.3 is 9.47 Å². The topological polar surface area (TPSA) is 8.17 Å². The summed E-state index contributed by atoms with van der Waals surface area (Å²) in [4.78, 5) is 5.09. The fourth-order valence-electron chi connectivity index (χ4n) is 11.1. The van der Waals surface area contributed by atoms with Crippen molar-refractivity contribution in [3.8, 4) is 16.8 Å². The average molecular weight is 837 g/mol. The van der Waals surface area contributed by atoms with Gasteiger partial charge in [0, 0.05) is 63.5 Å². The molecule has 2 nitrogen and oxygen atoms in total. The van der Waals surface area contributed by atoms with Crippen molar-refractivity contribution in [2.45, 2.75) is 15.2 Å². The summed E-state index contributed by atoms with van der Waals surface area (Å²) >= 11 is 3.76. The van der Waals surface area contributed by atoms with Gasteiger partial charge in [0.1, 0.15) is 0 Å². The van der Waals surface area contributed by atoms with Crippen LogP contribution in [0.4, 0.5) is 17.1 Å². The van der Waals surface area contributed by atoms with Gasteiger partial charge in [-0.15, -0.1) is 11.3 Å². The molecule has 0 fully saturated rings. The second-order valence-electron chi connectivity index (χ2n) is 16.8. The fraction of sp³-hybridized carbons (Fsp3) is 0.0169. The highest BCUT2D eigenvalue weighted by molar-refractivity contribution is 7.99. The number of aromatic nitrogens is 1. The molecule has 294 valence electrons. The van der Waals surface area contributed by atoms with Crippen LogP contribution in [-0.4, -0.2) is 4.57 Å². The molecule has 1 spiro atoms. The smallest absolute Gasteiger partial charge is 0.0736 e. The molecule has 1 aliphatic carbocycles. The third-order valence-corrected chi connectivity index (χ3v) is 15.9. The van der Waals surface area contributed by atoms with E-state index >= 15 is 0 Å². The Bertz CT molecular complexity index is 3850. The second kappa shape index (κ2) is 13.3. The summed E-state index contributed by atoms with van der Waals surface area (Å²) in [6.45, 7) is 0. The van der Waals surface area contributed by atoms with Crippen LogP contribution < -0.4 is 4.90 Å². The summed E-state index contributed by atoms with van der Waals surface area (Å²) in [5, 5.41) is 7.64. The maximum absolute atomic E-state index is 2.52. The van der Waals surface area contributed by atoms with Crippen molar-refractivity contribution >= 4 is 92.9 Å². The summed E-state index contributed by atoms with van der Waals surface area (Å²) in [6.07, 6.45) is 0. The van der Waals surface area contributed by atoms with E-state index in [1.165, 1.54) is 95.9 Å². The van der Waals surface area contributed by atoms with Crippen molar-refractivity contribution in [2.24, 2.45) is 0 Å². The van der Waals surface area contributed by atoms with Crippen LogP contribution >= 0.6 is 23.1 Å².